The molecule has 0 aliphatic rings. The molecular weight excluding hydrogens is 390 g/mol. The van der Waals surface area contributed by atoms with Crippen LogP contribution in [0.25, 0.3) is 10.9 Å². The van der Waals surface area contributed by atoms with E-state index in [9.17, 15) is 9.59 Å². The van der Waals surface area contributed by atoms with E-state index >= 15 is 0 Å². The number of nitrogens with zero attached hydrogens (tertiary/aromatic N) is 1. The van der Waals surface area contributed by atoms with E-state index in [4.69, 9.17) is 4.74 Å². The van der Waals surface area contributed by atoms with Crippen molar-refractivity contribution in [2.75, 3.05) is 0 Å². The van der Waals surface area contributed by atoms with Crippen LogP contribution in [0, 0.1) is 0 Å². The van der Waals surface area contributed by atoms with Gasteiger partial charge in [0.2, 0.25) is 5.91 Å². The highest BCUT2D eigenvalue weighted by Crippen LogP contribution is 2.19. The lowest BCUT2D eigenvalue weighted by molar-refractivity contribution is -0.121. The first-order chi connectivity index (χ1) is 15.2. The predicted octanol–water partition coefficient (Wildman–Crippen LogP) is 3.75. The number of benzene rings is 3. The standard InChI is InChI=1S/C25H23N3O3/c29-24(15-14-23-27-21-12-6-5-11-20(21)25(30)28-23)26-16-19-10-4-7-13-22(19)31-17-18-8-2-1-3-9-18/h1-13H,14-17H2,(H,26,29)(H,27,28,30). The molecule has 4 rings (SSSR count). The van der Waals surface area contributed by atoms with Crippen molar-refractivity contribution in [3.63, 3.8) is 0 Å². The Balaban J connectivity index is 1.32. The smallest absolute Gasteiger partial charge is 0.258 e. The van der Waals surface area contributed by atoms with E-state index in [0.29, 0.717) is 36.3 Å². The Bertz CT molecular complexity index is 1240. The van der Waals surface area contributed by atoms with Crippen molar-refractivity contribution in [2.45, 2.75) is 26.0 Å². The molecule has 0 radical (unpaired) electrons. The minimum atomic E-state index is -0.189. The molecule has 4 aromatic rings. The molecule has 3 aromatic carbocycles. The Kier molecular flexibility index (Phi) is 6.38. The molecule has 31 heavy (non-hydrogen) atoms. The second-order valence-corrected chi connectivity index (χ2v) is 7.19. The zero-order valence-electron chi connectivity index (χ0n) is 17.0. The van der Waals surface area contributed by atoms with Crippen LogP contribution in [0.2, 0.25) is 0 Å². The van der Waals surface area contributed by atoms with Crippen LogP contribution in [0.3, 0.4) is 0 Å². The van der Waals surface area contributed by atoms with E-state index < -0.39 is 0 Å². The Morgan fingerprint density at radius 1 is 0.935 bits per heavy atom. The highest BCUT2D eigenvalue weighted by atomic mass is 16.5. The van der Waals surface area contributed by atoms with Gasteiger partial charge < -0.3 is 15.0 Å². The number of para-hydroxylation sites is 2. The molecule has 0 saturated carbocycles. The highest BCUT2D eigenvalue weighted by molar-refractivity contribution is 5.78. The number of ether oxygens (including phenoxy) is 1. The third-order valence-corrected chi connectivity index (χ3v) is 4.94. The van der Waals surface area contributed by atoms with Crippen LogP contribution in [0.5, 0.6) is 5.75 Å². The Labute approximate surface area is 179 Å². The van der Waals surface area contributed by atoms with E-state index in [0.717, 1.165) is 16.9 Å². The zero-order valence-corrected chi connectivity index (χ0v) is 17.0. The Hall–Kier alpha value is -3.93. The van der Waals surface area contributed by atoms with Gasteiger partial charge >= 0.3 is 0 Å². The van der Waals surface area contributed by atoms with Crippen molar-refractivity contribution < 1.29 is 9.53 Å². The van der Waals surface area contributed by atoms with Crippen molar-refractivity contribution in [1.29, 1.82) is 0 Å². The average Bonchev–Trinajstić information content (AvgIpc) is 2.81. The number of carbonyl (C=O) groups excluding carboxylic acids is 1. The molecule has 0 fully saturated rings. The van der Waals surface area contributed by atoms with Crippen LogP contribution in [0.4, 0.5) is 0 Å². The molecule has 0 bridgehead atoms. The second-order valence-electron chi connectivity index (χ2n) is 7.19. The topological polar surface area (TPSA) is 84.1 Å². The maximum absolute atomic E-state index is 12.4. The van der Waals surface area contributed by atoms with Crippen LogP contribution in [0.1, 0.15) is 23.4 Å². The van der Waals surface area contributed by atoms with Crippen LogP contribution < -0.4 is 15.6 Å². The summed E-state index contributed by atoms with van der Waals surface area (Å²) in [6, 6.07) is 24.8. The van der Waals surface area contributed by atoms with E-state index in [1.165, 1.54) is 0 Å². The molecule has 0 atom stereocenters. The minimum Gasteiger partial charge on any atom is -0.489 e. The second kappa shape index (κ2) is 9.71. The van der Waals surface area contributed by atoms with Gasteiger partial charge in [0.25, 0.3) is 5.56 Å². The van der Waals surface area contributed by atoms with Gasteiger partial charge in [0.15, 0.2) is 0 Å². The van der Waals surface area contributed by atoms with Crippen molar-refractivity contribution in [3.05, 3.63) is 106 Å². The van der Waals surface area contributed by atoms with Crippen molar-refractivity contribution in [3.8, 4) is 5.75 Å². The fraction of sp³-hybridized carbons (Fsp3) is 0.160. The number of rotatable bonds is 8. The molecule has 0 aliphatic carbocycles. The van der Waals surface area contributed by atoms with Gasteiger partial charge in [0.05, 0.1) is 10.9 Å². The fourth-order valence-electron chi connectivity index (χ4n) is 3.29. The van der Waals surface area contributed by atoms with Gasteiger partial charge in [-0.25, -0.2) is 4.98 Å². The molecule has 1 amide bonds. The van der Waals surface area contributed by atoms with Gasteiger partial charge in [-0.3, -0.25) is 9.59 Å². The molecule has 0 aliphatic heterocycles. The summed E-state index contributed by atoms with van der Waals surface area (Å²) >= 11 is 0. The maximum atomic E-state index is 12.4. The van der Waals surface area contributed by atoms with Crippen molar-refractivity contribution in [2.24, 2.45) is 0 Å². The first-order valence-corrected chi connectivity index (χ1v) is 10.2. The van der Waals surface area contributed by atoms with Gasteiger partial charge in [-0.05, 0) is 23.8 Å². The number of aromatic nitrogens is 2. The number of fused-ring (bicyclic) bond motifs is 1. The van der Waals surface area contributed by atoms with Crippen molar-refractivity contribution in [1.82, 2.24) is 15.3 Å². The van der Waals surface area contributed by atoms with E-state index in [1.807, 2.05) is 60.7 Å². The molecule has 1 heterocycles. The maximum Gasteiger partial charge on any atom is 0.258 e. The van der Waals surface area contributed by atoms with Crippen LogP contribution in [-0.2, 0) is 24.4 Å². The van der Waals surface area contributed by atoms with Crippen molar-refractivity contribution >= 4 is 16.8 Å². The van der Waals surface area contributed by atoms with Gasteiger partial charge in [-0.2, -0.15) is 0 Å². The van der Waals surface area contributed by atoms with E-state index in [2.05, 4.69) is 15.3 Å². The quantitative estimate of drug-likeness (QED) is 0.461. The molecule has 2 N–H and O–H groups in total. The molecule has 6 nitrogen and oxygen atoms in total. The van der Waals surface area contributed by atoms with Crippen LogP contribution in [0.15, 0.2) is 83.7 Å². The Morgan fingerprint density at radius 2 is 1.68 bits per heavy atom. The number of nitrogens with one attached hydrogen (secondary N) is 2. The van der Waals surface area contributed by atoms with E-state index in [-0.39, 0.29) is 17.9 Å². The van der Waals surface area contributed by atoms with Gasteiger partial charge in [-0.1, -0.05) is 60.7 Å². The first-order valence-electron chi connectivity index (χ1n) is 10.2. The number of aromatic amines is 1. The first kappa shape index (κ1) is 20.3. The lowest BCUT2D eigenvalue weighted by Crippen LogP contribution is -2.24. The van der Waals surface area contributed by atoms with E-state index in [1.54, 1.807) is 18.2 Å². The summed E-state index contributed by atoms with van der Waals surface area (Å²) < 4.78 is 5.94. The van der Waals surface area contributed by atoms with Crippen LogP contribution in [-0.4, -0.2) is 15.9 Å². The molecule has 6 heteroatoms. The molecule has 0 spiro atoms. The summed E-state index contributed by atoms with van der Waals surface area (Å²) in [5.41, 5.74) is 2.43. The normalized spacial score (nSPS) is 10.7. The largest absolute Gasteiger partial charge is 0.489 e. The predicted molar refractivity (Wildman–Crippen MR) is 120 cm³/mol. The SMILES string of the molecule is O=C(CCc1nc2ccccc2c(=O)[nH]1)NCc1ccccc1OCc1ccccc1. The number of hydrogen-bond acceptors (Lipinski definition) is 4. The number of amides is 1. The lowest BCUT2D eigenvalue weighted by Gasteiger charge is -2.12. The van der Waals surface area contributed by atoms with Gasteiger partial charge in [-0.15, -0.1) is 0 Å². The minimum absolute atomic E-state index is 0.117. The summed E-state index contributed by atoms with van der Waals surface area (Å²) in [5, 5.41) is 3.47. The zero-order chi connectivity index (χ0) is 21.5. The van der Waals surface area contributed by atoms with Gasteiger partial charge in [0.1, 0.15) is 18.2 Å². The molecule has 1 aromatic heterocycles. The highest BCUT2D eigenvalue weighted by Gasteiger charge is 2.09. The molecular formula is C25H23N3O3. The monoisotopic (exact) mass is 413 g/mol. The summed E-state index contributed by atoms with van der Waals surface area (Å²) in [6.45, 7) is 0.832. The van der Waals surface area contributed by atoms with Crippen LogP contribution >= 0.6 is 0 Å². The summed E-state index contributed by atoms with van der Waals surface area (Å²) in [4.78, 5) is 31.7. The number of hydrogen-bond donors (Lipinski definition) is 2. The number of carbonyl (C=O) groups is 1. The summed E-state index contributed by atoms with van der Waals surface area (Å²) in [6.07, 6.45) is 0.590. The molecule has 0 saturated heterocycles. The third kappa shape index (κ3) is 5.36. The average molecular weight is 413 g/mol. The fourth-order valence-corrected chi connectivity index (χ4v) is 3.29. The summed E-state index contributed by atoms with van der Waals surface area (Å²) in [5.74, 6) is 1.13. The summed E-state index contributed by atoms with van der Waals surface area (Å²) in [7, 11) is 0. The number of aryl methyl sites for hydroxylation is 1. The Morgan fingerprint density at radius 3 is 2.55 bits per heavy atom. The number of H-pyrrole nitrogens is 1. The molecule has 0 unspecified atom stereocenters. The third-order valence-electron chi connectivity index (χ3n) is 4.94. The lowest BCUT2D eigenvalue weighted by atomic mass is 10.2. The molecule has 156 valence electrons. The van der Waals surface area contributed by atoms with Gasteiger partial charge in [0, 0.05) is 24.9 Å².